The van der Waals surface area contributed by atoms with Crippen molar-refractivity contribution in [3.05, 3.63) is 23.8 Å². The van der Waals surface area contributed by atoms with Crippen LogP contribution in [0.1, 0.15) is 5.56 Å². The van der Waals surface area contributed by atoms with Crippen molar-refractivity contribution in [2.45, 2.75) is 6.92 Å². The van der Waals surface area contributed by atoms with Gasteiger partial charge in [0, 0.05) is 0 Å². The van der Waals surface area contributed by atoms with Crippen LogP contribution in [0.25, 0.3) is 0 Å². The molecule has 1 aromatic carbocycles. The molecule has 0 amide bonds. The number of hydrogen-bond acceptors (Lipinski definition) is 3. The molecule has 72 valence electrons. The first-order valence-corrected chi connectivity index (χ1v) is 3.92. The van der Waals surface area contributed by atoms with Crippen LogP contribution in [0.4, 0.5) is 5.69 Å². The second kappa shape index (κ2) is 4.14. The van der Waals surface area contributed by atoms with Gasteiger partial charge < -0.3 is 10.8 Å². The largest absolute Gasteiger partial charge is 0.508 e. The molecule has 4 N–H and O–H groups in total. The molecule has 0 radical (unpaired) electrons. The number of aliphatic imine (C=N–C) groups is 1. The summed E-state index contributed by atoms with van der Waals surface area (Å²) in [5.74, 6) is 0.203. The Morgan fingerprint density at radius 2 is 2.36 bits per heavy atom. The van der Waals surface area contributed by atoms with Crippen molar-refractivity contribution < 1.29 is 5.11 Å². The Hall–Kier alpha value is -2.22. The average molecular weight is 190 g/mol. The predicted octanol–water partition coefficient (Wildman–Crippen LogP) is 0.718. The number of phenolic OH excluding ortho intramolecular Hbond substituents is 1. The fourth-order valence-electron chi connectivity index (χ4n) is 0.980. The van der Waals surface area contributed by atoms with E-state index in [9.17, 15) is 0 Å². The van der Waals surface area contributed by atoms with E-state index in [-0.39, 0.29) is 11.7 Å². The van der Waals surface area contributed by atoms with Gasteiger partial charge in [0.2, 0.25) is 5.96 Å². The minimum atomic E-state index is 0.0290. The number of phenols is 1. The summed E-state index contributed by atoms with van der Waals surface area (Å²) in [6, 6.07) is 4.69. The number of hydrogen-bond donors (Lipinski definition) is 3. The molecule has 1 aromatic rings. The molecule has 14 heavy (non-hydrogen) atoms. The van der Waals surface area contributed by atoms with Gasteiger partial charge in [-0.25, -0.2) is 4.99 Å². The Balaban J connectivity index is 2.98. The van der Waals surface area contributed by atoms with Crippen molar-refractivity contribution in [3.8, 4) is 11.9 Å². The monoisotopic (exact) mass is 190 g/mol. The molecule has 0 aliphatic carbocycles. The van der Waals surface area contributed by atoms with Gasteiger partial charge in [-0.2, -0.15) is 5.26 Å². The SMILES string of the molecule is Cc1cc(O)ccc1N=C(N)NC#N. The molecule has 5 nitrogen and oxygen atoms in total. The highest BCUT2D eigenvalue weighted by atomic mass is 16.3. The summed E-state index contributed by atoms with van der Waals surface area (Å²) < 4.78 is 0. The summed E-state index contributed by atoms with van der Waals surface area (Å²) in [4.78, 5) is 3.94. The van der Waals surface area contributed by atoms with E-state index in [1.54, 1.807) is 25.2 Å². The molecule has 0 heterocycles. The number of nitrogens with one attached hydrogen (secondary N) is 1. The van der Waals surface area contributed by atoms with Gasteiger partial charge in [0.25, 0.3) is 0 Å². The third kappa shape index (κ3) is 2.38. The van der Waals surface area contributed by atoms with E-state index in [0.29, 0.717) is 5.69 Å². The zero-order chi connectivity index (χ0) is 10.6. The van der Waals surface area contributed by atoms with Crippen molar-refractivity contribution in [2.75, 3.05) is 0 Å². The maximum absolute atomic E-state index is 9.13. The van der Waals surface area contributed by atoms with E-state index in [1.807, 2.05) is 0 Å². The highest BCUT2D eigenvalue weighted by Crippen LogP contribution is 2.22. The van der Waals surface area contributed by atoms with E-state index >= 15 is 0 Å². The Kier molecular flexibility index (Phi) is 2.92. The van der Waals surface area contributed by atoms with Gasteiger partial charge in [-0.05, 0) is 30.7 Å². The molecule has 0 spiro atoms. The van der Waals surface area contributed by atoms with Crippen molar-refractivity contribution in [1.82, 2.24) is 5.32 Å². The highest BCUT2D eigenvalue weighted by Gasteiger charge is 1.98. The van der Waals surface area contributed by atoms with Gasteiger partial charge in [-0.3, -0.25) is 5.32 Å². The Bertz CT molecular complexity index is 406. The summed E-state index contributed by atoms with van der Waals surface area (Å²) in [7, 11) is 0. The minimum absolute atomic E-state index is 0.0290. The van der Waals surface area contributed by atoms with Crippen molar-refractivity contribution in [1.29, 1.82) is 5.26 Å². The van der Waals surface area contributed by atoms with Gasteiger partial charge in [-0.1, -0.05) is 0 Å². The van der Waals surface area contributed by atoms with Crippen LogP contribution in [0.15, 0.2) is 23.2 Å². The number of nitriles is 1. The Morgan fingerprint density at radius 3 is 2.93 bits per heavy atom. The molecule has 0 unspecified atom stereocenters. The van der Waals surface area contributed by atoms with Gasteiger partial charge in [0.1, 0.15) is 5.75 Å². The summed E-state index contributed by atoms with van der Waals surface area (Å²) in [6.45, 7) is 1.79. The average Bonchev–Trinajstić information content (AvgIpc) is 2.10. The molecular weight excluding hydrogens is 180 g/mol. The number of aromatic hydroxyl groups is 1. The summed E-state index contributed by atoms with van der Waals surface area (Å²) in [6.07, 6.45) is 1.66. The first kappa shape index (κ1) is 9.86. The van der Waals surface area contributed by atoms with Crippen LogP contribution in [0, 0.1) is 18.4 Å². The standard InChI is InChI=1S/C9H10N4O/c1-6-4-7(14)2-3-8(6)13-9(11)12-5-10/h2-4,14H,1H3,(H3,11,12,13). The predicted molar refractivity (Wildman–Crippen MR) is 52.9 cm³/mol. The van der Waals surface area contributed by atoms with Crippen LogP contribution < -0.4 is 11.1 Å². The van der Waals surface area contributed by atoms with Crippen molar-refractivity contribution >= 4 is 11.6 Å². The summed E-state index contributed by atoms with van der Waals surface area (Å²) in [5, 5.41) is 19.6. The Labute approximate surface area is 81.5 Å². The molecule has 0 saturated carbocycles. The summed E-state index contributed by atoms with van der Waals surface area (Å²) >= 11 is 0. The van der Waals surface area contributed by atoms with E-state index < -0.39 is 0 Å². The third-order valence-corrected chi connectivity index (χ3v) is 1.61. The van der Waals surface area contributed by atoms with Crippen LogP contribution in [0.3, 0.4) is 0 Å². The molecular formula is C9H10N4O. The zero-order valence-electron chi connectivity index (χ0n) is 7.65. The number of guanidine groups is 1. The Morgan fingerprint density at radius 1 is 1.64 bits per heavy atom. The third-order valence-electron chi connectivity index (χ3n) is 1.61. The van der Waals surface area contributed by atoms with E-state index in [0.717, 1.165) is 5.56 Å². The van der Waals surface area contributed by atoms with Gasteiger partial charge >= 0.3 is 0 Å². The molecule has 1 rings (SSSR count). The van der Waals surface area contributed by atoms with E-state index in [2.05, 4.69) is 10.3 Å². The first-order chi connectivity index (χ1) is 6.63. The number of nitrogens with two attached hydrogens (primary N) is 1. The second-order valence-electron chi connectivity index (χ2n) is 2.70. The maximum atomic E-state index is 9.13. The van der Waals surface area contributed by atoms with Crippen LogP contribution in [0.2, 0.25) is 0 Å². The lowest BCUT2D eigenvalue weighted by atomic mass is 10.2. The quantitative estimate of drug-likeness (QED) is 0.263. The number of nitrogens with zero attached hydrogens (tertiary/aromatic N) is 2. The topological polar surface area (TPSA) is 94.4 Å². The fourth-order valence-corrected chi connectivity index (χ4v) is 0.980. The molecule has 5 heteroatoms. The first-order valence-electron chi connectivity index (χ1n) is 3.92. The van der Waals surface area contributed by atoms with E-state index in [1.165, 1.54) is 6.07 Å². The summed E-state index contributed by atoms with van der Waals surface area (Å²) in [5.41, 5.74) is 6.78. The molecule has 0 bridgehead atoms. The molecule has 0 fully saturated rings. The van der Waals surface area contributed by atoms with Gasteiger partial charge in [0.05, 0.1) is 5.69 Å². The van der Waals surface area contributed by atoms with Crippen LogP contribution in [0.5, 0.6) is 5.75 Å². The normalized spacial score (nSPS) is 10.7. The fraction of sp³-hybridized carbons (Fsp3) is 0.111. The van der Waals surface area contributed by atoms with E-state index in [4.69, 9.17) is 16.1 Å². The van der Waals surface area contributed by atoms with Crippen LogP contribution in [-0.4, -0.2) is 11.1 Å². The number of aryl methyl sites for hydroxylation is 1. The smallest absolute Gasteiger partial charge is 0.207 e. The van der Waals surface area contributed by atoms with Crippen LogP contribution in [-0.2, 0) is 0 Å². The zero-order valence-corrected chi connectivity index (χ0v) is 7.65. The molecule has 0 aromatic heterocycles. The molecule has 0 aliphatic rings. The van der Waals surface area contributed by atoms with Crippen LogP contribution >= 0.6 is 0 Å². The lowest BCUT2D eigenvalue weighted by Gasteiger charge is -2.01. The van der Waals surface area contributed by atoms with Crippen molar-refractivity contribution in [3.63, 3.8) is 0 Å². The van der Waals surface area contributed by atoms with Gasteiger partial charge in [0.15, 0.2) is 6.19 Å². The number of rotatable bonds is 1. The number of benzene rings is 1. The second-order valence-corrected chi connectivity index (χ2v) is 2.70. The van der Waals surface area contributed by atoms with Gasteiger partial charge in [-0.15, -0.1) is 0 Å². The minimum Gasteiger partial charge on any atom is -0.508 e. The lowest BCUT2D eigenvalue weighted by Crippen LogP contribution is -2.26. The maximum Gasteiger partial charge on any atom is 0.207 e. The lowest BCUT2D eigenvalue weighted by molar-refractivity contribution is 0.475. The van der Waals surface area contributed by atoms with Crippen molar-refractivity contribution in [2.24, 2.45) is 10.7 Å². The molecule has 0 atom stereocenters. The molecule has 0 saturated heterocycles. The highest BCUT2D eigenvalue weighted by molar-refractivity contribution is 5.82. The molecule has 0 aliphatic heterocycles.